The van der Waals surface area contributed by atoms with E-state index in [1.165, 1.54) is 4.90 Å². The van der Waals surface area contributed by atoms with E-state index in [1.807, 2.05) is 0 Å². The highest BCUT2D eigenvalue weighted by atomic mass is 32.2. The van der Waals surface area contributed by atoms with Crippen molar-refractivity contribution in [2.45, 2.75) is 11.3 Å². The zero-order chi connectivity index (χ0) is 19.1. The highest BCUT2D eigenvalue weighted by Gasteiger charge is 2.38. The summed E-state index contributed by atoms with van der Waals surface area (Å²) >= 11 is 0. The minimum Gasteiger partial charge on any atom is -0.340 e. The zero-order valence-electron chi connectivity index (χ0n) is 13.8. The number of nitrogens with zero attached hydrogens (tertiary/aromatic N) is 2. The average molecular weight is 408 g/mol. The van der Waals surface area contributed by atoms with E-state index in [0.717, 1.165) is 16.4 Å². The minimum atomic E-state index is -4.14. The first-order valence-electron chi connectivity index (χ1n) is 8.04. The molecule has 0 saturated carbocycles. The largest absolute Gasteiger partial charge is 0.340 e. The van der Waals surface area contributed by atoms with Crippen molar-refractivity contribution in [3.8, 4) is 0 Å². The van der Waals surface area contributed by atoms with Gasteiger partial charge in [0.1, 0.15) is 16.5 Å². The van der Waals surface area contributed by atoms with E-state index in [-0.39, 0.29) is 50.0 Å². The minimum absolute atomic E-state index is 0.0123. The number of piperazine rings is 1. The van der Waals surface area contributed by atoms with Crippen LogP contribution in [0.2, 0.25) is 0 Å². The number of hydrogen-bond donors (Lipinski definition) is 0. The molecule has 1 aromatic carbocycles. The van der Waals surface area contributed by atoms with Crippen LogP contribution in [-0.2, 0) is 24.7 Å². The van der Waals surface area contributed by atoms with Crippen molar-refractivity contribution in [3.05, 3.63) is 29.8 Å². The maximum Gasteiger partial charge on any atom is 0.246 e. The van der Waals surface area contributed by atoms with Gasteiger partial charge in [0.05, 0.1) is 17.4 Å². The van der Waals surface area contributed by atoms with Crippen LogP contribution in [0.25, 0.3) is 0 Å². The number of sulfone groups is 1. The van der Waals surface area contributed by atoms with Crippen LogP contribution in [0.4, 0.5) is 8.78 Å². The van der Waals surface area contributed by atoms with Gasteiger partial charge in [-0.1, -0.05) is 0 Å². The Morgan fingerprint density at radius 3 is 2.31 bits per heavy atom. The molecule has 7 nitrogen and oxygen atoms in total. The highest BCUT2D eigenvalue weighted by Crippen LogP contribution is 2.24. The summed E-state index contributed by atoms with van der Waals surface area (Å²) in [4.78, 5) is 13.2. The molecule has 0 aromatic heterocycles. The molecule has 1 aromatic rings. The van der Waals surface area contributed by atoms with Gasteiger partial charge in [-0.2, -0.15) is 4.31 Å². The van der Waals surface area contributed by atoms with Gasteiger partial charge in [0, 0.05) is 32.2 Å². The molecule has 0 radical (unpaired) electrons. The van der Waals surface area contributed by atoms with E-state index in [0.29, 0.717) is 6.07 Å². The fourth-order valence-electron chi connectivity index (χ4n) is 3.22. The van der Waals surface area contributed by atoms with Crippen LogP contribution in [0.15, 0.2) is 23.1 Å². The SMILES string of the molecule is O=C([C@@H]1CCS(=O)(=O)C1)N1CCN(S(=O)(=O)c2ccc(F)cc2F)CC1. The Balaban J connectivity index is 1.67. The molecule has 1 amide bonds. The van der Waals surface area contributed by atoms with Gasteiger partial charge in [0.15, 0.2) is 9.84 Å². The Morgan fingerprint density at radius 1 is 1.12 bits per heavy atom. The lowest BCUT2D eigenvalue weighted by Crippen LogP contribution is -2.52. The fourth-order valence-corrected chi connectivity index (χ4v) is 6.42. The molecule has 26 heavy (non-hydrogen) atoms. The zero-order valence-corrected chi connectivity index (χ0v) is 15.4. The summed E-state index contributed by atoms with van der Waals surface area (Å²) in [6, 6.07) is 2.25. The summed E-state index contributed by atoms with van der Waals surface area (Å²) in [7, 11) is -7.32. The number of amides is 1. The van der Waals surface area contributed by atoms with E-state index >= 15 is 0 Å². The van der Waals surface area contributed by atoms with Crippen LogP contribution >= 0.6 is 0 Å². The van der Waals surface area contributed by atoms with E-state index in [2.05, 4.69) is 0 Å². The van der Waals surface area contributed by atoms with Crippen LogP contribution in [0, 0.1) is 17.6 Å². The Bertz CT molecular complexity index is 925. The Kier molecular flexibility index (Phi) is 5.06. The molecule has 144 valence electrons. The van der Waals surface area contributed by atoms with Gasteiger partial charge in [-0.15, -0.1) is 0 Å². The number of rotatable bonds is 3. The molecule has 2 heterocycles. The first kappa shape index (κ1) is 19.2. The monoisotopic (exact) mass is 408 g/mol. The second-order valence-corrected chi connectivity index (χ2v) is 10.5. The van der Waals surface area contributed by atoms with Crippen molar-refractivity contribution in [2.75, 3.05) is 37.7 Å². The third-order valence-corrected chi connectivity index (χ3v) is 8.34. The summed E-state index contributed by atoms with van der Waals surface area (Å²) in [5, 5.41) is 0. The van der Waals surface area contributed by atoms with Crippen molar-refractivity contribution < 1.29 is 30.4 Å². The smallest absolute Gasteiger partial charge is 0.246 e. The molecule has 3 rings (SSSR count). The van der Waals surface area contributed by atoms with Crippen molar-refractivity contribution in [3.63, 3.8) is 0 Å². The van der Waals surface area contributed by atoms with Crippen LogP contribution in [0.1, 0.15) is 6.42 Å². The third kappa shape index (κ3) is 3.74. The Hall–Kier alpha value is -1.59. The Morgan fingerprint density at radius 2 is 1.77 bits per heavy atom. The summed E-state index contributed by atoms with van der Waals surface area (Å²) in [5.41, 5.74) is 0. The molecule has 1 atom stereocenters. The molecule has 2 aliphatic heterocycles. The normalized spacial score (nSPS) is 23.9. The molecule has 0 N–H and O–H groups in total. The number of carbonyl (C=O) groups is 1. The van der Waals surface area contributed by atoms with Crippen LogP contribution < -0.4 is 0 Å². The second kappa shape index (κ2) is 6.86. The molecule has 0 spiro atoms. The van der Waals surface area contributed by atoms with Gasteiger partial charge in [-0.3, -0.25) is 4.79 Å². The highest BCUT2D eigenvalue weighted by molar-refractivity contribution is 7.91. The predicted molar refractivity (Wildman–Crippen MR) is 88.5 cm³/mol. The molecule has 0 bridgehead atoms. The van der Waals surface area contributed by atoms with E-state index in [9.17, 15) is 30.4 Å². The molecule has 0 aliphatic carbocycles. The second-order valence-electron chi connectivity index (χ2n) is 6.40. The number of benzene rings is 1. The van der Waals surface area contributed by atoms with Crippen molar-refractivity contribution in [1.29, 1.82) is 0 Å². The van der Waals surface area contributed by atoms with E-state index < -0.39 is 42.3 Å². The quantitative estimate of drug-likeness (QED) is 0.714. The van der Waals surface area contributed by atoms with Crippen molar-refractivity contribution >= 4 is 25.8 Å². The summed E-state index contributed by atoms with van der Waals surface area (Å²) < 4.78 is 75.9. The summed E-state index contributed by atoms with van der Waals surface area (Å²) in [5.74, 6) is -3.11. The first-order valence-corrected chi connectivity index (χ1v) is 11.3. The molecule has 0 unspecified atom stereocenters. The van der Waals surface area contributed by atoms with E-state index in [1.54, 1.807) is 0 Å². The topological polar surface area (TPSA) is 91.8 Å². The molecule has 11 heteroatoms. The van der Waals surface area contributed by atoms with Gasteiger partial charge in [-0.25, -0.2) is 25.6 Å². The van der Waals surface area contributed by atoms with Crippen molar-refractivity contribution in [1.82, 2.24) is 9.21 Å². The maximum atomic E-state index is 13.8. The Labute approximate surface area is 150 Å². The average Bonchev–Trinajstić information content (AvgIpc) is 2.94. The molecule has 2 saturated heterocycles. The van der Waals surface area contributed by atoms with E-state index in [4.69, 9.17) is 0 Å². The van der Waals surface area contributed by atoms with Gasteiger partial charge in [0.25, 0.3) is 0 Å². The maximum absolute atomic E-state index is 13.8. The number of halogens is 2. The number of sulfonamides is 1. The number of carbonyl (C=O) groups excluding carboxylic acids is 1. The van der Waals surface area contributed by atoms with Crippen LogP contribution in [0.3, 0.4) is 0 Å². The van der Waals surface area contributed by atoms with Gasteiger partial charge >= 0.3 is 0 Å². The van der Waals surface area contributed by atoms with Crippen LogP contribution in [-0.4, -0.2) is 69.6 Å². The van der Waals surface area contributed by atoms with Gasteiger partial charge in [0.2, 0.25) is 15.9 Å². The summed E-state index contributed by atoms with van der Waals surface area (Å²) in [6.07, 6.45) is 0.278. The lowest BCUT2D eigenvalue weighted by atomic mass is 10.1. The fraction of sp³-hybridized carbons (Fsp3) is 0.533. The molecule has 2 fully saturated rings. The molecular weight excluding hydrogens is 390 g/mol. The van der Waals surface area contributed by atoms with Crippen LogP contribution in [0.5, 0.6) is 0 Å². The first-order chi connectivity index (χ1) is 12.1. The summed E-state index contributed by atoms with van der Waals surface area (Å²) in [6.45, 7) is 0.115. The lowest BCUT2D eigenvalue weighted by Gasteiger charge is -2.35. The van der Waals surface area contributed by atoms with Gasteiger partial charge < -0.3 is 4.90 Å². The number of hydrogen-bond acceptors (Lipinski definition) is 5. The standard InChI is InChI=1S/C15H18F2N2O5S2/c16-12-1-2-14(13(17)9-12)26(23,24)19-6-4-18(5-7-19)15(20)11-3-8-25(21,22)10-11/h1-2,9,11H,3-8,10H2/t11-/m1/s1. The predicted octanol–water partition coefficient (Wildman–Crippen LogP) is 0.232. The molecular formula is C15H18F2N2O5S2. The third-order valence-electron chi connectivity index (χ3n) is 4.64. The lowest BCUT2D eigenvalue weighted by molar-refractivity contribution is -0.135. The molecule has 2 aliphatic rings. The van der Waals surface area contributed by atoms with Gasteiger partial charge in [-0.05, 0) is 18.6 Å². The van der Waals surface area contributed by atoms with Crippen molar-refractivity contribution in [2.24, 2.45) is 5.92 Å².